The summed E-state index contributed by atoms with van der Waals surface area (Å²) >= 11 is 18.8. The van der Waals surface area contributed by atoms with Gasteiger partial charge in [-0.05, 0) is 41.5 Å². The van der Waals surface area contributed by atoms with Crippen molar-refractivity contribution in [2.75, 3.05) is 0 Å². The molecule has 0 unspecified atom stereocenters. The molecule has 3 aromatic carbocycles. The zero-order valence-corrected chi connectivity index (χ0v) is 16.1. The van der Waals surface area contributed by atoms with E-state index in [4.69, 9.17) is 39.8 Å². The van der Waals surface area contributed by atoms with Crippen LogP contribution in [0.5, 0.6) is 0 Å². The first-order chi connectivity index (χ1) is 12.6. The molecular formula is C21H15Cl3N2. The van der Waals surface area contributed by atoms with E-state index in [-0.39, 0.29) is 0 Å². The first-order valence-corrected chi connectivity index (χ1v) is 9.36. The SMILES string of the molecule is Clc1ccc(Cn2c(Cc3ccccc3Cl)nc3ccccc32)c(Cl)c1. The fraction of sp³-hybridized carbons (Fsp3) is 0.0952. The van der Waals surface area contributed by atoms with E-state index in [1.165, 1.54) is 0 Å². The van der Waals surface area contributed by atoms with Crippen LogP contribution in [0.1, 0.15) is 17.0 Å². The molecule has 4 rings (SSSR count). The van der Waals surface area contributed by atoms with Crippen molar-refractivity contribution in [3.8, 4) is 0 Å². The Balaban J connectivity index is 1.80. The van der Waals surface area contributed by atoms with Crippen molar-refractivity contribution >= 4 is 45.8 Å². The minimum absolute atomic E-state index is 0.621. The first-order valence-electron chi connectivity index (χ1n) is 8.23. The van der Waals surface area contributed by atoms with Gasteiger partial charge in [0, 0.05) is 21.5 Å². The highest BCUT2D eigenvalue weighted by Gasteiger charge is 2.14. The minimum Gasteiger partial charge on any atom is -0.323 e. The Bertz CT molecular complexity index is 1090. The number of imidazole rings is 1. The fourth-order valence-corrected chi connectivity index (χ4v) is 3.74. The number of rotatable bonds is 4. The Labute approximate surface area is 167 Å². The third-order valence-electron chi connectivity index (χ3n) is 4.38. The van der Waals surface area contributed by atoms with Crippen LogP contribution in [0.15, 0.2) is 66.7 Å². The summed E-state index contributed by atoms with van der Waals surface area (Å²) in [5, 5.41) is 2.03. The molecule has 0 fully saturated rings. The summed E-state index contributed by atoms with van der Waals surface area (Å²) in [5.41, 5.74) is 4.08. The average Bonchev–Trinajstić information content (AvgIpc) is 2.97. The topological polar surface area (TPSA) is 17.8 Å². The first kappa shape index (κ1) is 17.4. The molecule has 5 heteroatoms. The summed E-state index contributed by atoms with van der Waals surface area (Å²) in [5.74, 6) is 0.949. The van der Waals surface area contributed by atoms with Crippen molar-refractivity contribution in [2.45, 2.75) is 13.0 Å². The van der Waals surface area contributed by atoms with Gasteiger partial charge in [-0.1, -0.05) is 71.2 Å². The number of aromatic nitrogens is 2. The third kappa shape index (κ3) is 3.45. The summed E-state index contributed by atoms with van der Waals surface area (Å²) in [4.78, 5) is 4.83. The predicted octanol–water partition coefficient (Wildman–Crippen LogP) is 6.64. The highest BCUT2D eigenvalue weighted by atomic mass is 35.5. The summed E-state index contributed by atoms with van der Waals surface area (Å²) in [6, 6.07) is 21.5. The lowest BCUT2D eigenvalue weighted by molar-refractivity contribution is 0.762. The maximum absolute atomic E-state index is 6.40. The zero-order valence-electron chi connectivity index (χ0n) is 13.8. The molecule has 0 spiro atoms. The van der Waals surface area contributed by atoms with E-state index in [2.05, 4.69) is 10.6 Å². The molecule has 130 valence electrons. The second kappa shape index (κ2) is 7.32. The van der Waals surface area contributed by atoms with Crippen LogP contribution in [0.3, 0.4) is 0 Å². The molecule has 4 aromatic rings. The molecule has 1 aromatic heterocycles. The Hall–Kier alpha value is -2.00. The molecule has 0 N–H and O–H groups in total. The van der Waals surface area contributed by atoms with Gasteiger partial charge in [0.05, 0.1) is 17.6 Å². The van der Waals surface area contributed by atoms with Gasteiger partial charge in [0.1, 0.15) is 5.82 Å². The number of hydrogen-bond acceptors (Lipinski definition) is 1. The van der Waals surface area contributed by atoms with Gasteiger partial charge < -0.3 is 4.57 Å². The van der Waals surface area contributed by atoms with Crippen LogP contribution in [-0.4, -0.2) is 9.55 Å². The van der Waals surface area contributed by atoms with E-state index in [9.17, 15) is 0 Å². The summed E-state index contributed by atoms with van der Waals surface area (Å²) in [6.07, 6.45) is 0.652. The van der Waals surface area contributed by atoms with Gasteiger partial charge in [-0.25, -0.2) is 4.98 Å². The van der Waals surface area contributed by atoms with Crippen LogP contribution in [0.25, 0.3) is 11.0 Å². The lowest BCUT2D eigenvalue weighted by Gasteiger charge is -2.12. The summed E-state index contributed by atoms with van der Waals surface area (Å²) < 4.78 is 2.19. The van der Waals surface area contributed by atoms with Gasteiger partial charge in [0.25, 0.3) is 0 Å². The highest BCUT2D eigenvalue weighted by molar-refractivity contribution is 6.35. The number of fused-ring (bicyclic) bond motifs is 1. The normalized spacial score (nSPS) is 11.2. The Morgan fingerprint density at radius 1 is 0.769 bits per heavy atom. The molecule has 1 heterocycles. The molecule has 0 saturated carbocycles. The molecule has 0 amide bonds. The van der Waals surface area contributed by atoms with E-state index >= 15 is 0 Å². The summed E-state index contributed by atoms with van der Waals surface area (Å²) in [6.45, 7) is 0.621. The standard InChI is InChI=1S/C21H15Cl3N2/c22-16-10-9-15(18(24)12-16)13-26-20-8-4-3-7-19(20)25-21(26)11-14-5-1-2-6-17(14)23/h1-10,12H,11,13H2. The number of para-hydroxylation sites is 2. The molecule has 2 nitrogen and oxygen atoms in total. The van der Waals surface area contributed by atoms with Crippen molar-refractivity contribution in [3.63, 3.8) is 0 Å². The smallest absolute Gasteiger partial charge is 0.114 e. The molecule has 0 aliphatic heterocycles. The quantitative estimate of drug-likeness (QED) is 0.375. The van der Waals surface area contributed by atoms with Crippen LogP contribution >= 0.6 is 34.8 Å². The second-order valence-corrected chi connectivity index (χ2v) is 7.36. The van der Waals surface area contributed by atoms with Gasteiger partial charge in [-0.3, -0.25) is 0 Å². The zero-order chi connectivity index (χ0) is 18.1. The van der Waals surface area contributed by atoms with Crippen molar-refractivity contribution in [3.05, 3.63) is 98.7 Å². The van der Waals surface area contributed by atoms with Crippen LogP contribution in [0.2, 0.25) is 15.1 Å². The molecule has 0 bridgehead atoms. The van der Waals surface area contributed by atoms with Crippen molar-refractivity contribution in [1.82, 2.24) is 9.55 Å². The van der Waals surface area contributed by atoms with Gasteiger partial charge >= 0.3 is 0 Å². The van der Waals surface area contributed by atoms with Gasteiger partial charge in [0.2, 0.25) is 0 Å². The lowest BCUT2D eigenvalue weighted by Crippen LogP contribution is -2.06. The Morgan fingerprint density at radius 2 is 1.54 bits per heavy atom. The lowest BCUT2D eigenvalue weighted by atomic mass is 10.1. The second-order valence-electron chi connectivity index (χ2n) is 6.11. The third-order valence-corrected chi connectivity index (χ3v) is 5.34. The average molecular weight is 402 g/mol. The van der Waals surface area contributed by atoms with E-state index < -0.39 is 0 Å². The predicted molar refractivity (Wildman–Crippen MR) is 110 cm³/mol. The Morgan fingerprint density at radius 3 is 2.35 bits per heavy atom. The van der Waals surface area contributed by atoms with Crippen molar-refractivity contribution < 1.29 is 0 Å². The van der Waals surface area contributed by atoms with Crippen molar-refractivity contribution in [1.29, 1.82) is 0 Å². The summed E-state index contributed by atoms with van der Waals surface area (Å²) in [7, 11) is 0. The van der Waals surface area contributed by atoms with E-state index in [0.29, 0.717) is 23.0 Å². The Kier molecular flexibility index (Phi) is 4.90. The van der Waals surface area contributed by atoms with Crippen LogP contribution in [0, 0.1) is 0 Å². The monoisotopic (exact) mass is 400 g/mol. The molecule has 26 heavy (non-hydrogen) atoms. The maximum Gasteiger partial charge on any atom is 0.114 e. The molecule has 0 aliphatic rings. The fourth-order valence-electron chi connectivity index (χ4n) is 3.07. The van der Waals surface area contributed by atoms with E-state index in [1.807, 2.05) is 54.6 Å². The minimum atomic E-state index is 0.621. The number of nitrogens with zero attached hydrogens (tertiary/aromatic N) is 2. The maximum atomic E-state index is 6.40. The molecular weight excluding hydrogens is 387 g/mol. The number of benzene rings is 3. The highest BCUT2D eigenvalue weighted by Crippen LogP contribution is 2.26. The largest absolute Gasteiger partial charge is 0.323 e. The van der Waals surface area contributed by atoms with Crippen LogP contribution in [-0.2, 0) is 13.0 Å². The van der Waals surface area contributed by atoms with Gasteiger partial charge in [-0.15, -0.1) is 0 Å². The van der Waals surface area contributed by atoms with Crippen LogP contribution in [0.4, 0.5) is 0 Å². The van der Waals surface area contributed by atoms with Gasteiger partial charge in [-0.2, -0.15) is 0 Å². The number of halogens is 3. The molecule has 0 radical (unpaired) electrons. The van der Waals surface area contributed by atoms with E-state index in [1.54, 1.807) is 6.07 Å². The van der Waals surface area contributed by atoms with E-state index in [0.717, 1.165) is 33.0 Å². The molecule has 0 saturated heterocycles. The van der Waals surface area contributed by atoms with Gasteiger partial charge in [0.15, 0.2) is 0 Å². The molecule has 0 aliphatic carbocycles. The van der Waals surface area contributed by atoms with Crippen molar-refractivity contribution in [2.24, 2.45) is 0 Å². The van der Waals surface area contributed by atoms with Crippen LogP contribution < -0.4 is 0 Å². The number of hydrogen-bond donors (Lipinski definition) is 0. The molecule has 0 atom stereocenters.